The molecule has 0 heterocycles. The van der Waals surface area contributed by atoms with Crippen molar-refractivity contribution < 1.29 is 9.59 Å². The third-order valence-corrected chi connectivity index (χ3v) is 6.28. The Morgan fingerprint density at radius 3 is 1.00 bits per heavy atom. The van der Waals surface area contributed by atoms with Crippen molar-refractivity contribution in [1.82, 2.24) is 21.3 Å². The average Bonchev–Trinajstić information content (AvgIpc) is 2.65. The van der Waals surface area contributed by atoms with Gasteiger partial charge in [-0.05, 0) is 51.4 Å². The predicted molar refractivity (Wildman–Crippen MR) is 103 cm³/mol. The van der Waals surface area contributed by atoms with Crippen LogP contribution < -0.4 is 21.3 Å². The van der Waals surface area contributed by atoms with Crippen LogP contribution in [0, 0.1) is 0 Å². The third kappa shape index (κ3) is 6.36. The lowest BCUT2D eigenvalue weighted by Crippen LogP contribution is -2.51. The minimum absolute atomic E-state index is 0.0108. The molecule has 0 bridgehead atoms. The van der Waals surface area contributed by atoms with Crippen molar-refractivity contribution >= 4 is 12.1 Å². The van der Waals surface area contributed by atoms with Crippen molar-refractivity contribution in [3.8, 4) is 0 Å². The number of rotatable bonds is 4. The van der Waals surface area contributed by atoms with Crippen molar-refractivity contribution in [2.45, 2.75) is 114 Å². The lowest BCUT2D eigenvalue weighted by Gasteiger charge is -2.31. The fourth-order valence-corrected chi connectivity index (χ4v) is 4.70. The van der Waals surface area contributed by atoms with Crippen LogP contribution in [0.1, 0.15) is 89.9 Å². The minimum Gasteiger partial charge on any atom is -0.335 e. The number of hydrogen-bond donors (Lipinski definition) is 4. The van der Waals surface area contributed by atoms with Gasteiger partial charge in [-0.25, -0.2) is 9.59 Å². The van der Waals surface area contributed by atoms with Gasteiger partial charge in [-0.3, -0.25) is 0 Å². The van der Waals surface area contributed by atoms with Crippen LogP contribution in [0.5, 0.6) is 0 Å². The molecule has 0 radical (unpaired) electrons. The smallest absolute Gasteiger partial charge is 0.315 e. The summed E-state index contributed by atoms with van der Waals surface area (Å²) in [5.41, 5.74) is 0. The molecule has 3 saturated carbocycles. The third-order valence-electron chi connectivity index (χ3n) is 6.28. The van der Waals surface area contributed by atoms with Crippen LogP contribution >= 0.6 is 0 Å². The van der Waals surface area contributed by atoms with Gasteiger partial charge in [-0.2, -0.15) is 0 Å². The second-order valence-electron chi connectivity index (χ2n) is 8.45. The van der Waals surface area contributed by atoms with E-state index in [1.54, 1.807) is 0 Å². The van der Waals surface area contributed by atoms with Gasteiger partial charge < -0.3 is 21.3 Å². The van der Waals surface area contributed by atoms with Gasteiger partial charge in [0.1, 0.15) is 0 Å². The lowest BCUT2D eigenvalue weighted by molar-refractivity contribution is 0.214. The Morgan fingerprint density at radius 2 is 0.692 bits per heavy atom. The quantitative estimate of drug-likeness (QED) is 0.615. The fraction of sp³-hybridized carbons (Fsp3) is 0.900. The summed E-state index contributed by atoms with van der Waals surface area (Å²) in [5, 5.41) is 12.5. The van der Waals surface area contributed by atoms with Gasteiger partial charge in [0, 0.05) is 24.2 Å². The van der Waals surface area contributed by atoms with E-state index in [-0.39, 0.29) is 24.1 Å². The summed E-state index contributed by atoms with van der Waals surface area (Å²) in [7, 11) is 0. The molecule has 0 unspecified atom stereocenters. The Kier molecular flexibility index (Phi) is 7.44. The molecule has 3 fully saturated rings. The number of nitrogens with one attached hydrogen (secondary N) is 4. The maximum absolute atomic E-state index is 12.2. The zero-order chi connectivity index (χ0) is 18.2. The molecule has 0 aliphatic heterocycles. The summed E-state index contributed by atoms with van der Waals surface area (Å²) < 4.78 is 0. The lowest BCUT2D eigenvalue weighted by atomic mass is 9.91. The van der Waals surface area contributed by atoms with Gasteiger partial charge in [0.05, 0.1) is 0 Å². The largest absolute Gasteiger partial charge is 0.335 e. The summed E-state index contributed by atoms with van der Waals surface area (Å²) in [6.45, 7) is 0. The topological polar surface area (TPSA) is 82.3 Å². The van der Waals surface area contributed by atoms with E-state index in [0.717, 1.165) is 51.4 Å². The van der Waals surface area contributed by atoms with Gasteiger partial charge in [-0.15, -0.1) is 0 Å². The van der Waals surface area contributed by atoms with E-state index in [9.17, 15) is 9.59 Å². The Hall–Kier alpha value is -1.46. The second kappa shape index (κ2) is 10.0. The van der Waals surface area contributed by atoms with Gasteiger partial charge in [0.2, 0.25) is 0 Å². The first-order chi connectivity index (χ1) is 12.7. The van der Waals surface area contributed by atoms with Crippen LogP contribution in [0.4, 0.5) is 9.59 Å². The minimum atomic E-state index is -0.0108. The highest BCUT2D eigenvalue weighted by Crippen LogP contribution is 2.20. The first kappa shape index (κ1) is 19.3. The molecule has 3 rings (SSSR count). The zero-order valence-electron chi connectivity index (χ0n) is 16.0. The molecule has 3 aliphatic rings. The van der Waals surface area contributed by atoms with Crippen molar-refractivity contribution in [3.05, 3.63) is 0 Å². The molecule has 0 aromatic carbocycles. The van der Waals surface area contributed by atoms with E-state index in [2.05, 4.69) is 21.3 Å². The molecular formula is C20H36N4O2. The number of carbonyl (C=O) groups excluding carboxylic acids is 2. The van der Waals surface area contributed by atoms with Crippen LogP contribution in [0.3, 0.4) is 0 Å². The molecule has 6 heteroatoms. The van der Waals surface area contributed by atoms with Crippen LogP contribution in [0.2, 0.25) is 0 Å². The summed E-state index contributed by atoms with van der Waals surface area (Å²) >= 11 is 0. The average molecular weight is 365 g/mol. The molecule has 0 spiro atoms. The normalized spacial score (nSPS) is 28.2. The van der Waals surface area contributed by atoms with E-state index in [4.69, 9.17) is 0 Å². The molecule has 0 aromatic heterocycles. The summed E-state index contributed by atoms with van der Waals surface area (Å²) in [6, 6.07) is 1.15. The van der Waals surface area contributed by atoms with Crippen LogP contribution in [0.25, 0.3) is 0 Å². The van der Waals surface area contributed by atoms with Crippen molar-refractivity contribution in [3.63, 3.8) is 0 Å². The second-order valence-corrected chi connectivity index (χ2v) is 8.45. The fourth-order valence-electron chi connectivity index (χ4n) is 4.70. The Bertz CT molecular complexity index is 409. The molecule has 0 saturated heterocycles. The highest BCUT2D eigenvalue weighted by Gasteiger charge is 2.25. The highest BCUT2D eigenvalue weighted by molar-refractivity contribution is 5.75. The Morgan fingerprint density at radius 1 is 0.423 bits per heavy atom. The standard InChI is InChI=1S/C20H36N4O2/c25-19(21-15-7-3-1-4-8-15)23-17-11-13-18(14-12-17)24-20(26)22-16-9-5-2-6-10-16/h15-18H,1-14H2,(H2,21,23,25)(H2,22,24,26)/t17-,18-. The van der Waals surface area contributed by atoms with Gasteiger partial charge in [0.25, 0.3) is 0 Å². The first-order valence-corrected chi connectivity index (χ1v) is 10.8. The van der Waals surface area contributed by atoms with E-state index in [1.807, 2.05) is 0 Å². The van der Waals surface area contributed by atoms with Crippen molar-refractivity contribution in [1.29, 1.82) is 0 Å². The summed E-state index contributed by atoms with van der Waals surface area (Å²) in [5.74, 6) is 0. The van der Waals surface area contributed by atoms with Crippen molar-refractivity contribution in [2.24, 2.45) is 0 Å². The molecule has 0 aromatic rings. The predicted octanol–water partition coefficient (Wildman–Crippen LogP) is 3.56. The first-order valence-electron chi connectivity index (χ1n) is 10.8. The SMILES string of the molecule is O=C(NC1CCCCC1)N[C@H]1CC[C@H](NC(=O)NC2CCCCC2)CC1. The van der Waals surface area contributed by atoms with Gasteiger partial charge in [0.15, 0.2) is 0 Å². The molecule has 4 N–H and O–H groups in total. The number of hydrogen-bond acceptors (Lipinski definition) is 2. The Labute approximate surface area is 157 Å². The van der Waals surface area contributed by atoms with Crippen LogP contribution in [0.15, 0.2) is 0 Å². The number of urea groups is 2. The molecular weight excluding hydrogens is 328 g/mol. The Balaban J connectivity index is 1.29. The molecule has 0 atom stereocenters. The van der Waals surface area contributed by atoms with E-state index < -0.39 is 0 Å². The zero-order valence-corrected chi connectivity index (χ0v) is 16.0. The number of carbonyl (C=O) groups is 2. The maximum Gasteiger partial charge on any atom is 0.315 e. The monoisotopic (exact) mass is 364 g/mol. The van der Waals surface area contributed by atoms with E-state index in [1.165, 1.54) is 38.5 Å². The van der Waals surface area contributed by atoms with Gasteiger partial charge in [-0.1, -0.05) is 38.5 Å². The van der Waals surface area contributed by atoms with E-state index >= 15 is 0 Å². The van der Waals surface area contributed by atoms with Crippen molar-refractivity contribution in [2.75, 3.05) is 0 Å². The molecule has 26 heavy (non-hydrogen) atoms. The molecule has 4 amide bonds. The summed E-state index contributed by atoms with van der Waals surface area (Å²) in [6.07, 6.45) is 15.7. The summed E-state index contributed by atoms with van der Waals surface area (Å²) in [4.78, 5) is 24.3. The van der Waals surface area contributed by atoms with E-state index in [0.29, 0.717) is 12.1 Å². The van der Waals surface area contributed by atoms with Crippen LogP contribution in [-0.2, 0) is 0 Å². The molecule has 148 valence electrons. The maximum atomic E-state index is 12.2. The number of amides is 4. The van der Waals surface area contributed by atoms with Gasteiger partial charge >= 0.3 is 12.1 Å². The molecule has 3 aliphatic carbocycles. The van der Waals surface area contributed by atoms with Crippen LogP contribution in [-0.4, -0.2) is 36.2 Å². The molecule has 6 nitrogen and oxygen atoms in total. The highest BCUT2D eigenvalue weighted by atomic mass is 16.2.